The lowest BCUT2D eigenvalue weighted by Gasteiger charge is -2.32. The molecule has 0 radical (unpaired) electrons. The van der Waals surface area contributed by atoms with E-state index >= 15 is 0 Å². The van der Waals surface area contributed by atoms with Crippen molar-refractivity contribution < 1.29 is 4.79 Å². The molecule has 1 fully saturated rings. The highest BCUT2D eigenvalue weighted by Crippen LogP contribution is 2.30. The summed E-state index contributed by atoms with van der Waals surface area (Å²) in [4.78, 5) is 22.6. The quantitative estimate of drug-likeness (QED) is 0.766. The number of aromatic nitrogens is 4. The minimum absolute atomic E-state index is 0.0868. The van der Waals surface area contributed by atoms with Crippen molar-refractivity contribution in [3.63, 3.8) is 0 Å². The molecule has 6 heteroatoms. The molecule has 0 aliphatic carbocycles. The molecule has 0 aromatic carbocycles. The van der Waals surface area contributed by atoms with Crippen molar-refractivity contribution >= 4 is 16.9 Å². The van der Waals surface area contributed by atoms with Crippen molar-refractivity contribution in [1.82, 2.24) is 24.6 Å². The van der Waals surface area contributed by atoms with Crippen molar-refractivity contribution in [2.45, 2.75) is 52.0 Å². The maximum atomic E-state index is 12.8. The Bertz CT molecular complexity index is 916. The SMILES string of the molecule is Cc1cc(C)n(C(C)CC(=O)N2CCC(c3cc4cccnc4[nH]3)CC2)n1. The van der Waals surface area contributed by atoms with E-state index in [4.69, 9.17) is 0 Å². The molecule has 1 atom stereocenters. The number of H-pyrrole nitrogens is 1. The average Bonchev–Trinajstić information content (AvgIpc) is 3.24. The molecule has 6 nitrogen and oxygen atoms in total. The van der Waals surface area contributed by atoms with Gasteiger partial charge in [0.2, 0.25) is 5.91 Å². The number of aromatic amines is 1. The van der Waals surface area contributed by atoms with Crippen molar-refractivity contribution in [2.75, 3.05) is 13.1 Å². The van der Waals surface area contributed by atoms with Gasteiger partial charge in [0.15, 0.2) is 0 Å². The van der Waals surface area contributed by atoms with Gasteiger partial charge in [-0.15, -0.1) is 0 Å². The smallest absolute Gasteiger partial charge is 0.224 e. The van der Waals surface area contributed by atoms with Crippen LogP contribution in [0.1, 0.15) is 55.2 Å². The highest BCUT2D eigenvalue weighted by atomic mass is 16.2. The van der Waals surface area contributed by atoms with Crippen molar-refractivity contribution in [3.8, 4) is 0 Å². The second-order valence-corrected chi connectivity index (χ2v) is 7.75. The number of hydrogen-bond acceptors (Lipinski definition) is 3. The van der Waals surface area contributed by atoms with E-state index < -0.39 is 0 Å². The van der Waals surface area contributed by atoms with E-state index in [2.05, 4.69) is 40.2 Å². The molecule has 4 rings (SSSR count). The van der Waals surface area contributed by atoms with E-state index in [9.17, 15) is 4.79 Å². The van der Waals surface area contributed by atoms with Gasteiger partial charge in [0, 0.05) is 48.4 Å². The predicted octanol–water partition coefficient (Wildman–Crippen LogP) is 3.73. The molecular formula is C21H27N5O. The molecule has 1 N–H and O–H groups in total. The van der Waals surface area contributed by atoms with Crippen molar-refractivity contribution in [3.05, 3.63) is 47.5 Å². The van der Waals surface area contributed by atoms with E-state index in [0.29, 0.717) is 12.3 Å². The predicted molar refractivity (Wildman–Crippen MR) is 106 cm³/mol. The number of fused-ring (bicyclic) bond motifs is 1. The van der Waals surface area contributed by atoms with Gasteiger partial charge in [-0.05, 0) is 57.9 Å². The van der Waals surface area contributed by atoms with Gasteiger partial charge in [0.1, 0.15) is 5.65 Å². The Morgan fingerprint density at radius 1 is 1.30 bits per heavy atom. The average molecular weight is 365 g/mol. The molecule has 0 saturated carbocycles. The van der Waals surface area contributed by atoms with Gasteiger partial charge in [0.25, 0.3) is 0 Å². The number of carbonyl (C=O) groups excluding carboxylic acids is 1. The Morgan fingerprint density at radius 2 is 2.07 bits per heavy atom. The summed E-state index contributed by atoms with van der Waals surface area (Å²) in [6.07, 6.45) is 4.30. The zero-order valence-corrected chi connectivity index (χ0v) is 16.3. The van der Waals surface area contributed by atoms with Crippen LogP contribution in [-0.2, 0) is 4.79 Å². The minimum atomic E-state index is 0.0868. The molecule has 1 aliphatic heterocycles. The summed E-state index contributed by atoms with van der Waals surface area (Å²) in [5.74, 6) is 0.698. The zero-order valence-electron chi connectivity index (χ0n) is 16.3. The summed E-state index contributed by atoms with van der Waals surface area (Å²) in [5, 5.41) is 5.67. The molecule has 0 bridgehead atoms. The first kappa shape index (κ1) is 17.8. The summed E-state index contributed by atoms with van der Waals surface area (Å²) in [6.45, 7) is 7.73. The highest BCUT2D eigenvalue weighted by molar-refractivity contribution is 5.77. The summed E-state index contributed by atoms with van der Waals surface area (Å²) in [6, 6.07) is 8.40. The number of likely N-dealkylation sites (tertiary alicyclic amines) is 1. The van der Waals surface area contributed by atoms with E-state index in [-0.39, 0.29) is 11.9 Å². The number of hydrogen-bond donors (Lipinski definition) is 1. The third-order valence-electron chi connectivity index (χ3n) is 5.63. The maximum absolute atomic E-state index is 12.8. The van der Waals surface area contributed by atoms with E-state index in [0.717, 1.165) is 48.4 Å². The normalized spacial score (nSPS) is 16.8. The lowest BCUT2D eigenvalue weighted by Crippen LogP contribution is -2.38. The monoisotopic (exact) mass is 365 g/mol. The van der Waals surface area contributed by atoms with Gasteiger partial charge in [-0.2, -0.15) is 5.10 Å². The molecule has 1 amide bonds. The highest BCUT2D eigenvalue weighted by Gasteiger charge is 2.26. The number of carbonyl (C=O) groups is 1. The first-order valence-electron chi connectivity index (χ1n) is 9.75. The van der Waals surface area contributed by atoms with Gasteiger partial charge in [-0.1, -0.05) is 0 Å². The Labute approximate surface area is 159 Å². The number of nitrogens with zero attached hydrogens (tertiary/aromatic N) is 4. The van der Waals surface area contributed by atoms with Crippen LogP contribution >= 0.6 is 0 Å². The second-order valence-electron chi connectivity index (χ2n) is 7.75. The molecule has 1 aliphatic rings. The number of aryl methyl sites for hydroxylation is 2. The van der Waals surface area contributed by atoms with Crippen LogP contribution in [0.15, 0.2) is 30.5 Å². The van der Waals surface area contributed by atoms with Crippen LogP contribution in [0, 0.1) is 13.8 Å². The van der Waals surface area contributed by atoms with Gasteiger partial charge >= 0.3 is 0 Å². The molecule has 3 aromatic heterocycles. The standard InChI is InChI=1S/C21H27N5O/c1-14-11-15(2)26(24-14)16(3)12-20(27)25-9-6-17(7-10-25)19-13-18-5-4-8-22-21(18)23-19/h4-5,8,11,13,16-17H,6-7,9-10,12H2,1-3H3,(H,22,23). The summed E-state index contributed by atoms with van der Waals surface area (Å²) < 4.78 is 1.97. The lowest BCUT2D eigenvalue weighted by atomic mass is 9.93. The van der Waals surface area contributed by atoms with Crippen LogP contribution < -0.4 is 0 Å². The second kappa shape index (κ2) is 7.18. The number of nitrogens with one attached hydrogen (secondary N) is 1. The largest absolute Gasteiger partial charge is 0.343 e. The van der Waals surface area contributed by atoms with Gasteiger partial charge < -0.3 is 9.88 Å². The zero-order chi connectivity index (χ0) is 19.0. The fraction of sp³-hybridized carbons (Fsp3) is 0.476. The Hall–Kier alpha value is -2.63. The molecule has 0 spiro atoms. The fourth-order valence-electron chi connectivity index (χ4n) is 4.20. The molecule has 1 saturated heterocycles. The Kier molecular flexibility index (Phi) is 4.72. The van der Waals surface area contributed by atoms with Crippen LogP contribution in [0.4, 0.5) is 0 Å². The van der Waals surface area contributed by atoms with Crippen molar-refractivity contribution in [1.29, 1.82) is 0 Å². The lowest BCUT2D eigenvalue weighted by molar-refractivity contribution is -0.133. The number of amides is 1. The van der Waals surface area contributed by atoms with Gasteiger partial charge in [0.05, 0.1) is 11.7 Å². The summed E-state index contributed by atoms with van der Waals surface area (Å²) in [7, 11) is 0. The van der Waals surface area contributed by atoms with Crippen LogP contribution in [0.3, 0.4) is 0 Å². The first-order chi connectivity index (χ1) is 13.0. The number of pyridine rings is 1. The third kappa shape index (κ3) is 3.61. The molecular weight excluding hydrogens is 338 g/mol. The minimum Gasteiger partial charge on any atom is -0.343 e. The van der Waals surface area contributed by atoms with Gasteiger partial charge in [-0.25, -0.2) is 4.98 Å². The molecule has 4 heterocycles. The summed E-state index contributed by atoms with van der Waals surface area (Å²) in [5.41, 5.74) is 4.30. The Morgan fingerprint density at radius 3 is 2.74 bits per heavy atom. The summed E-state index contributed by atoms with van der Waals surface area (Å²) >= 11 is 0. The maximum Gasteiger partial charge on any atom is 0.224 e. The fourth-order valence-corrected chi connectivity index (χ4v) is 4.20. The third-order valence-corrected chi connectivity index (χ3v) is 5.63. The Balaban J connectivity index is 1.35. The molecule has 27 heavy (non-hydrogen) atoms. The van der Waals surface area contributed by atoms with E-state index in [1.54, 1.807) is 0 Å². The number of rotatable bonds is 4. The topological polar surface area (TPSA) is 66.8 Å². The van der Waals surface area contributed by atoms with Crippen LogP contribution in [-0.4, -0.2) is 43.6 Å². The molecule has 3 aromatic rings. The van der Waals surface area contributed by atoms with Crippen LogP contribution in [0.5, 0.6) is 0 Å². The molecule has 142 valence electrons. The molecule has 1 unspecified atom stereocenters. The van der Waals surface area contributed by atoms with Gasteiger partial charge in [-0.3, -0.25) is 9.48 Å². The number of piperidine rings is 1. The van der Waals surface area contributed by atoms with Crippen LogP contribution in [0.2, 0.25) is 0 Å². The van der Waals surface area contributed by atoms with E-state index in [1.165, 1.54) is 5.69 Å². The van der Waals surface area contributed by atoms with Crippen molar-refractivity contribution in [2.24, 2.45) is 0 Å². The van der Waals surface area contributed by atoms with Crippen LogP contribution in [0.25, 0.3) is 11.0 Å². The first-order valence-corrected chi connectivity index (χ1v) is 9.75. The van der Waals surface area contributed by atoms with E-state index in [1.807, 2.05) is 35.7 Å².